The number of aromatic nitrogens is 2. The van der Waals surface area contributed by atoms with E-state index in [9.17, 15) is 4.79 Å². The van der Waals surface area contributed by atoms with Crippen molar-refractivity contribution in [3.8, 4) is 0 Å². The molecular weight excluding hydrogens is 325 g/mol. The van der Waals surface area contributed by atoms with E-state index in [4.69, 9.17) is 0 Å². The van der Waals surface area contributed by atoms with E-state index < -0.39 is 0 Å². The fraction of sp³-hybridized carbons (Fsp3) is 0.643. The molecule has 0 aliphatic carbocycles. The van der Waals surface area contributed by atoms with Crippen LogP contribution in [-0.2, 0) is 4.79 Å². The molecule has 22 heavy (non-hydrogen) atoms. The molecule has 2 saturated heterocycles. The quantitative estimate of drug-likeness (QED) is 0.868. The molecule has 0 aromatic carbocycles. The van der Waals surface area contributed by atoms with Crippen molar-refractivity contribution >= 4 is 36.5 Å². The average molecular weight is 348 g/mol. The van der Waals surface area contributed by atoms with E-state index in [1.807, 2.05) is 4.90 Å². The molecule has 1 N–H and O–H groups in total. The van der Waals surface area contributed by atoms with Gasteiger partial charge < -0.3 is 15.1 Å². The predicted octanol–water partition coefficient (Wildman–Crippen LogP) is 1.11. The highest BCUT2D eigenvalue weighted by Crippen LogP contribution is 2.14. The van der Waals surface area contributed by atoms with E-state index in [0.717, 1.165) is 51.4 Å². The highest BCUT2D eigenvalue weighted by molar-refractivity contribution is 5.85. The van der Waals surface area contributed by atoms with Crippen molar-refractivity contribution in [2.75, 3.05) is 37.6 Å². The molecule has 2 aliphatic heterocycles. The summed E-state index contributed by atoms with van der Waals surface area (Å²) in [6, 6.07) is 0.0341. The zero-order valence-corrected chi connectivity index (χ0v) is 14.1. The summed E-state index contributed by atoms with van der Waals surface area (Å²) < 4.78 is 0. The lowest BCUT2D eigenvalue weighted by atomic mass is 10.0. The summed E-state index contributed by atoms with van der Waals surface area (Å²) in [4.78, 5) is 25.0. The second-order valence-electron chi connectivity index (χ2n) is 5.38. The van der Waals surface area contributed by atoms with Crippen LogP contribution in [-0.4, -0.2) is 59.5 Å². The van der Waals surface area contributed by atoms with Crippen LogP contribution in [0.2, 0.25) is 0 Å². The van der Waals surface area contributed by atoms with E-state index in [0.29, 0.717) is 0 Å². The predicted molar refractivity (Wildman–Crippen MR) is 91.0 cm³/mol. The first kappa shape index (κ1) is 18.9. The SMILES string of the molecule is Cl.Cl.O=C([C@H]1CCCCN1)N1CCN(c2cnccn2)CC1. The number of nitrogens with zero attached hydrogens (tertiary/aromatic N) is 4. The molecule has 0 bridgehead atoms. The van der Waals surface area contributed by atoms with Gasteiger partial charge in [-0.15, -0.1) is 24.8 Å². The molecule has 1 amide bonds. The normalized spacial score (nSPS) is 21.5. The van der Waals surface area contributed by atoms with Gasteiger partial charge in [0.2, 0.25) is 5.91 Å². The van der Waals surface area contributed by atoms with Gasteiger partial charge >= 0.3 is 0 Å². The molecule has 2 fully saturated rings. The minimum atomic E-state index is 0. The Hall–Kier alpha value is -1.11. The summed E-state index contributed by atoms with van der Waals surface area (Å²) in [7, 11) is 0. The molecule has 0 spiro atoms. The Morgan fingerprint density at radius 1 is 1.14 bits per heavy atom. The van der Waals surface area contributed by atoms with Crippen LogP contribution in [0.4, 0.5) is 5.82 Å². The van der Waals surface area contributed by atoms with E-state index in [-0.39, 0.29) is 36.8 Å². The molecular formula is C14H23Cl2N5O. The van der Waals surface area contributed by atoms with Crippen molar-refractivity contribution < 1.29 is 4.79 Å². The van der Waals surface area contributed by atoms with Crippen molar-refractivity contribution in [2.45, 2.75) is 25.3 Å². The van der Waals surface area contributed by atoms with Crippen LogP contribution in [0.25, 0.3) is 0 Å². The standard InChI is InChI=1S/C14H21N5O.2ClH/c20-14(12-3-1-2-4-16-12)19-9-7-18(8-10-19)13-11-15-5-6-17-13;;/h5-6,11-12,16H,1-4,7-10H2;2*1H/t12-;;/m1../s1. The number of amides is 1. The summed E-state index contributed by atoms with van der Waals surface area (Å²) in [6.07, 6.45) is 8.48. The third-order valence-electron chi connectivity index (χ3n) is 4.07. The Kier molecular flexibility index (Phi) is 7.85. The Morgan fingerprint density at radius 3 is 2.50 bits per heavy atom. The van der Waals surface area contributed by atoms with Crippen molar-refractivity contribution in [3.63, 3.8) is 0 Å². The number of piperazine rings is 1. The second kappa shape index (κ2) is 9.12. The largest absolute Gasteiger partial charge is 0.352 e. The van der Waals surface area contributed by atoms with Crippen molar-refractivity contribution in [1.29, 1.82) is 0 Å². The number of rotatable bonds is 2. The van der Waals surface area contributed by atoms with E-state index in [2.05, 4.69) is 20.2 Å². The highest BCUT2D eigenvalue weighted by atomic mass is 35.5. The lowest BCUT2D eigenvalue weighted by molar-refractivity contribution is -0.134. The van der Waals surface area contributed by atoms with Crippen molar-refractivity contribution in [1.82, 2.24) is 20.2 Å². The lowest BCUT2D eigenvalue weighted by Crippen LogP contribution is -2.55. The van der Waals surface area contributed by atoms with Gasteiger partial charge in [-0.1, -0.05) is 6.42 Å². The Morgan fingerprint density at radius 2 is 1.91 bits per heavy atom. The number of hydrogen-bond acceptors (Lipinski definition) is 5. The van der Waals surface area contributed by atoms with Crippen LogP contribution in [0.1, 0.15) is 19.3 Å². The maximum atomic E-state index is 12.4. The Labute approximate surface area is 143 Å². The molecule has 0 radical (unpaired) electrons. The number of piperidine rings is 1. The van der Waals surface area contributed by atoms with Crippen molar-refractivity contribution in [3.05, 3.63) is 18.6 Å². The zero-order valence-electron chi connectivity index (χ0n) is 12.5. The molecule has 0 unspecified atom stereocenters. The summed E-state index contributed by atoms with van der Waals surface area (Å²) in [6.45, 7) is 4.17. The van der Waals surface area contributed by atoms with Crippen LogP contribution < -0.4 is 10.2 Å². The third kappa shape index (κ3) is 4.44. The topological polar surface area (TPSA) is 61.4 Å². The van der Waals surface area contributed by atoms with E-state index in [1.54, 1.807) is 18.6 Å². The fourth-order valence-electron chi connectivity index (χ4n) is 2.89. The van der Waals surface area contributed by atoms with Crippen LogP contribution in [0.5, 0.6) is 0 Å². The minimum absolute atomic E-state index is 0. The maximum absolute atomic E-state index is 12.4. The third-order valence-corrected chi connectivity index (χ3v) is 4.07. The molecule has 1 aromatic rings. The number of carbonyl (C=O) groups is 1. The maximum Gasteiger partial charge on any atom is 0.239 e. The molecule has 0 saturated carbocycles. The zero-order chi connectivity index (χ0) is 13.8. The van der Waals surface area contributed by atoms with Crippen LogP contribution in [0, 0.1) is 0 Å². The van der Waals surface area contributed by atoms with Crippen molar-refractivity contribution in [2.24, 2.45) is 0 Å². The first-order chi connectivity index (χ1) is 9.84. The average Bonchev–Trinajstić information content (AvgIpc) is 2.56. The highest BCUT2D eigenvalue weighted by Gasteiger charge is 2.28. The van der Waals surface area contributed by atoms with Gasteiger partial charge in [0.05, 0.1) is 12.2 Å². The number of nitrogens with one attached hydrogen (secondary N) is 1. The Balaban J connectivity index is 0.00000121. The molecule has 124 valence electrons. The summed E-state index contributed by atoms with van der Waals surface area (Å²) in [5, 5.41) is 3.33. The van der Waals surface area contributed by atoms with Gasteiger partial charge in [0.25, 0.3) is 0 Å². The monoisotopic (exact) mass is 347 g/mol. The summed E-state index contributed by atoms with van der Waals surface area (Å²) >= 11 is 0. The number of anilines is 1. The van der Waals surface area contributed by atoms with Gasteiger partial charge in [0.15, 0.2) is 0 Å². The van der Waals surface area contributed by atoms with Gasteiger partial charge in [0.1, 0.15) is 5.82 Å². The van der Waals surface area contributed by atoms with Gasteiger partial charge in [-0.2, -0.15) is 0 Å². The molecule has 2 aliphatic rings. The molecule has 1 atom stereocenters. The minimum Gasteiger partial charge on any atom is -0.352 e. The molecule has 1 aromatic heterocycles. The first-order valence-corrected chi connectivity index (χ1v) is 7.38. The van der Waals surface area contributed by atoms with Crippen LogP contribution in [0.3, 0.4) is 0 Å². The van der Waals surface area contributed by atoms with Crippen LogP contribution in [0.15, 0.2) is 18.6 Å². The van der Waals surface area contributed by atoms with Gasteiger partial charge in [-0.3, -0.25) is 9.78 Å². The van der Waals surface area contributed by atoms with E-state index in [1.165, 1.54) is 6.42 Å². The Bertz CT molecular complexity index is 448. The fourth-order valence-corrected chi connectivity index (χ4v) is 2.89. The van der Waals surface area contributed by atoms with Crippen LogP contribution >= 0.6 is 24.8 Å². The number of carbonyl (C=O) groups excluding carboxylic acids is 1. The number of hydrogen-bond donors (Lipinski definition) is 1. The summed E-state index contributed by atoms with van der Waals surface area (Å²) in [5.74, 6) is 1.17. The molecule has 3 heterocycles. The molecule has 6 nitrogen and oxygen atoms in total. The lowest BCUT2D eigenvalue weighted by Gasteiger charge is -2.37. The second-order valence-corrected chi connectivity index (χ2v) is 5.38. The van der Waals surface area contributed by atoms with Gasteiger partial charge in [-0.25, -0.2) is 4.98 Å². The number of halogens is 2. The molecule has 3 rings (SSSR count). The van der Waals surface area contributed by atoms with Gasteiger partial charge in [-0.05, 0) is 19.4 Å². The molecule has 8 heteroatoms. The first-order valence-electron chi connectivity index (χ1n) is 7.38. The smallest absolute Gasteiger partial charge is 0.239 e. The van der Waals surface area contributed by atoms with Gasteiger partial charge in [0, 0.05) is 38.6 Å². The summed E-state index contributed by atoms with van der Waals surface area (Å²) in [5.41, 5.74) is 0. The van der Waals surface area contributed by atoms with E-state index >= 15 is 0 Å².